The van der Waals surface area contributed by atoms with E-state index in [2.05, 4.69) is 20.0 Å². The molecule has 0 aliphatic carbocycles. The topological polar surface area (TPSA) is 0 Å². The third-order valence-electron chi connectivity index (χ3n) is 3.39. The first-order valence-electron chi connectivity index (χ1n) is 7.77. The largest absolute Gasteiger partial charge is 0.0722 e. The van der Waals surface area contributed by atoms with Gasteiger partial charge in [0.2, 0.25) is 0 Å². The highest BCUT2D eigenvalue weighted by Gasteiger charge is 1.96. The van der Waals surface area contributed by atoms with Crippen LogP contribution in [0.15, 0.2) is 0 Å². The Morgan fingerprint density at radius 1 is 0.562 bits per heavy atom. The van der Waals surface area contributed by atoms with Gasteiger partial charge in [-0.1, -0.05) is 96.7 Å². The molecule has 0 nitrogen and oxygen atoms in total. The number of rotatable bonds is 12. The van der Waals surface area contributed by atoms with Crippen molar-refractivity contribution in [1.82, 2.24) is 0 Å². The van der Waals surface area contributed by atoms with E-state index in [1.165, 1.54) is 70.6 Å². The van der Waals surface area contributed by atoms with Gasteiger partial charge in [0, 0.05) is 8.80 Å². The van der Waals surface area contributed by atoms with E-state index in [-0.39, 0.29) is 8.80 Å². The molecule has 0 atom stereocenters. The predicted molar refractivity (Wildman–Crippen MR) is 80.1 cm³/mol. The maximum atomic E-state index is 2.47. The molecule has 0 amide bonds. The van der Waals surface area contributed by atoms with Crippen LogP contribution in [0, 0.1) is 0 Å². The summed E-state index contributed by atoms with van der Waals surface area (Å²) >= 11 is 0. The summed E-state index contributed by atoms with van der Waals surface area (Å²) in [4.78, 5) is 0. The zero-order valence-electron chi connectivity index (χ0n) is 12.1. The lowest BCUT2D eigenvalue weighted by Gasteiger charge is -2.03. The maximum absolute atomic E-state index is 2.47. The Labute approximate surface area is 106 Å². The molecular weight excluding hydrogens is 208 g/mol. The molecule has 0 saturated carbocycles. The van der Waals surface area contributed by atoms with Gasteiger partial charge in [0.15, 0.2) is 0 Å². The molecule has 0 aromatic carbocycles. The molecular formula is C15H34Si. The molecule has 16 heavy (non-hydrogen) atoms. The second-order valence-electron chi connectivity index (χ2n) is 5.72. The Morgan fingerprint density at radius 3 is 1.31 bits per heavy atom. The van der Waals surface area contributed by atoms with Crippen LogP contribution in [0.25, 0.3) is 0 Å². The third kappa shape index (κ3) is 14.2. The molecule has 0 aliphatic heterocycles. The third-order valence-corrected chi connectivity index (χ3v) is 4.95. The Morgan fingerprint density at radius 2 is 0.938 bits per heavy atom. The van der Waals surface area contributed by atoms with Crippen LogP contribution in [-0.4, -0.2) is 8.80 Å². The predicted octanol–water partition coefficient (Wildman–Crippen LogP) is 5.78. The van der Waals surface area contributed by atoms with Crippen LogP contribution in [0.5, 0.6) is 0 Å². The smallest absolute Gasteiger partial charge is 0.0305 e. The standard InChI is InChI=1S/C15H34Si/c1-4-5-6-7-8-9-10-11-12-13-14-15-16(2)3/h16H,4-15H2,1-3H3. The van der Waals surface area contributed by atoms with Gasteiger partial charge in [-0.25, -0.2) is 0 Å². The zero-order valence-corrected chi connectivity index (χ0v) is 13.2. The number of unbranched alkanes of at least 4 members (excludes halogenated alkanes) is 10. The van der Waals surface area contributed by atoms with Gasteiger partial charge >= 0.3 is 0 Å². The second kappa shape index (κ2) is 13.3. The van der Waals surface area contributed by atoms with Crippen LogP contribution in [0.2, 0.25) is 19.1 Å². The van der Waals surface area contributed by atoms with Crippen molar-refractivity contribution in [3.63, 3.8) is 0 Å². The van der Waals surface area contributed by atoms with Crippen molar-refractivity contribution in [2.24, 2.45) is 0 Å². The summed E-state index contributed by atoms with van der Waals surface area (Å²) in [6.45, 7) is 7.23. The summed E-state index contributed by atoms with van der Waals surface area (Å²) in [5, 5.41) is 0. The van der Waals surface area contributed by atoms with Crippen molar-refractivity contribution in [3.8, 4) is 0 Å². The van der Waals surface area contributed by atoms with Crippen LogP contribution < -0.4 is 0 Å². The fourth-order valence-corrected chi connectivity index (χ4v) is 3.32. The van der Waals surface area contributed by atoms with E-state index in [1.807, 2.05) is 0 Å². The van der Waals surface area contributed by atoms with Crippen molar-refractivity contribution in [2.75, 3.05) is 0 Å². The molecule has 0 aliphatic rings. The highest BCUT2D eigenvalue weighted by molar-refractivity contribution is 6.55. The first-order chi connectivity index (χ1) is 7.77. The van der Waals surface area contributed by atoms with Gasteiger partial charge in [-0.05, 0) is 0 Å². The van der Waals surface area contributed by atoms with Crippen molar-refractivity contribution in [1.29, 1.82) is 0 Å². The number of hydrogen-bond acceptors (Lipinski definition) is 0. The zero-order chi connectivity index (χ0) is 12.1. The molecule has 0 heterocycles. The first-order valence-corrected chi connectivity index (χ1v) is 10.9. The Kier molecular flexibility index (Phi) is 13.5. The van der Waals surface area contributed by atoms with E-state index < -0.39 is 0 Å². The summed E-state index contributed by atoms with van der Waals surface area (Å²) in [5.41, 5.74) is 0. The lowest BCUT2D eigenvalue weighted by Crippen LogP contribution is -1.97. The lowest BCUT2D eigenvalue weighted by atomic mass is 10.1. The van der Waals surface area contributed by atoms with Crippen LogP contribution in [-0.2, 0) is 0 Å². The van der Waals surface area contributed by atoms with Crippen molar-refractivity contribution >= 4 is 8.80 Å². The lowest BCUT2D eigenvalue weighted by molar-refractivity contribution is 0.554. The van der Waals surface area contributed by atoms with E-state index in [0.29, 0.717) is 0 Å². The minimum atomic E-state index is -0.252. The van der Waals surface area contributed by atoms with Crippen LogP contribution in [0.1, 0.15) is 77.6 Å². The molecule has 0 rings (SSSR count). The van der Waals surface area contributed by atoms with E-state index in [9.17, 15) is 0 Å². The molecule has 0 saturated heterocycles. The van der Waals surface area contributed by atoms with E-state index in [4.69, 9.17) is 0 Å². The molecule has 0 aromatic heterocycles. The molecule has 0 unspecified atom stereocenters. The van der Waals surface area contributed by atoms with Crippen molar-refractivity contribution in [2.45, 2.75) is 96.7 Å². The fraction of sp³-hybridized carbons (Fsp3) is 1.00. The van der Waals surface area contributed by atoms with Gasteiger partial charge in [-0.2, -0.15) is 0 Å². The van der Waals surface area contributed by atoms with Gasteiger partial charge in [-0.15, -0.1) is 0 Å². The highest BCUT2D eigenvalue weighted by Crippen LogP contribution is 2.12. The summed E-state index contributed by atoms with van der Waals surface area (Å²) in [5.74, 6) is 0. The van der Waals surface area contributed by atoms with Crippen LogP contribution in [0.3, 0.4) is 0 Å². The fourth-order valence-electron chi connectivity index (χ4n) is 2.22. The molecule has 0 N–H and O–H groups in total. The molecule has 0 bridgehead atoms. The minimum absolute atomic E-state index is 0.252. The molecule has 1 heteroatoms. The average Bonchev–Trinajstić information content (AvgIpc) is 2.25. The van der Waals surface area contributed by atoms with Gasteiger partial charge in [0.1, 0.15) is 0 Å². The molecule has 98 valence electrons. The number of hydrogen-bond donors (Lipinski definition) is 0. The first kappa shape index (κ1) is 16.2. The van der Waals surface area contributed by atoms with E-state index in [1.54, 1.807) is 6.04 Å². The summed E-state index contributed by atoms with van der Waals surface area (Å²) in [7, 11) is -0.252. The molecule has 0 radical (unpaired) electrons. The van der Waals surface area contributed by atoms with Crippen molar-refractivity contribution < 1.29 is 0 Å². The van der Waals surface area contributed by atoms with E-state index in [0.717, 1.165) is 0 Å². The summed E-state index contributed by atoms with van der Waals surface area (Å²) in [6.07, 6.45) is 16.2. The Bertz CT molecular complexity index is 121. The van der Waals surface area contributed by atoms with Gasteiger partial charge in [-0.3, -0.25) is 0 Å². The molecule has 0 fully saturated rings. The average molecular weight is 243 g/mol. The van der Waals surface area contributed by atoms with Gasteiger partial charge < -0.3 is 0 Å². The van der Waals surface area contributed by atoms with Gasteiger partial charge in [0.05, 0.1) is 0 Å². The van der Waals surface area contributed by atoms with Crippen molar-refractivity contribution in [3.05, 3.63) is 0 Å². The second-order valence-corrected chi connectivity index (χ2v) is 9.08. The monoisotopic (exact) mass is 242 g/mol. The molecule has 0 spiro atoms. The van der Waals surface area contributed by atoms with Crippen LogP contribution >= 0.6 is 0 Å². The molecule has 0 aromatic rings. The normalized spacial score (nSPS) is 11.2. The Balaban J connectivity index is 2.88. The van der Waals surface area contributed by atoms with Gasteiger partial charge in [0.25, 0.3) is 0 Å². The summed E-state index contributed by atoms with van der Waals surface area (Å²) in [6, 6.07) is 1.57. The highest BCUT2D eigenvalue weighted by atomic mass is 28.3. The SMILES string of the molecule is CCCCCCCCCCCCC[SiH](C)C. The quantitative estimate of drug-likeness (QED) is 0.300. The maximum Gasteiger partial charge on any atom is 0.0305 e. The minimum Gasteiger partial charge on any atom is -0.0722 e. The Hall–Kier alpha value is 0.217. The van der Waals surface area contributed by atoms with Crippen LogP contribution in [0.4, 0.5) is 0 Å². The van der Waals surface area contributed by atoms with E-state index >= 15 is 0 Å². The summed E-state index contributed by atoms with van der Waals surface area (Å²) < 4.78 is 0.